The molecule has 0 saturated carbocycles. The highest BCUT2D eigenvalue weighted by Crippen LogP contribution is 2.46. The molecule has 11 heteroatoms. The third kappa shape index (κ3) is 3.35. The Morgan fingerprint density at radius 2 is 1.27 bits per heavy atom. The summed E-state index contributed by atoms with van der Waals surface area (Å²) in [5.74, 6) is -1.65. The highest BCUT2D eigenvalue weighted by atomic mass is 35.5. The van der Waals surface area contributed by atoms with Gasteiger partial charge in [-0.05, 0) is 47.6 Å². The van der Waals surface area contributed by atoms with Crippen LogP contribution in [0, 0.1) is 0 Å². The number of amides is 4. The molecule has 4 amide bonds. The van der Waals surface area contributed by atoms with E-state index in [0.29, 0.717) is 17.9 Å². The first-order valence-corrected chi connectivity index (χ1v) is 10.7. The molecular weight excluding hydrogens is 474 g/mol. The predicted molar refractivity (Wildman–Crippen MR) is 117 cm³/mol. The number of primary amides is 1. The second kappa shape index (κ2) is 7.41. The van der Waals surface area contributed by atoms with E-state index in [0.717, 1.165) is 5.01 Å². The van der Waals surface area contributed by atoms with E-state index >= 15 is 0 Å². The van der Waals surface area contributed by atoms with Crippen molar-refractivity contribution in [3.05, 3.63) is 31.2 Å². The molecule has 7 nitrogen and oxygen atoms in total. The van der Waals surface area contributed by atoms with Gasteiger partial charge < -0.3 is 5.73 Å². The fraction of sp³-hybridized carbons (Fsp3) is 0.526. The third-order valence-corrected chi connectivity index (χ3v) is 7.96. The molecule has 2 aliphatic rings. The molecule has 1 fully saturated rings. The number of benzene rings is 1. The van der Waals surface area contributed by atoms with Crippen molar-refractivity contribution in [3.63, 3.8) is 0 Å². The number of likely N-dealkylation sites (tertiary alicyclic amines) is 1. The van der Waals surface area contributed by atoms with Crippen LogP contribution in [-0.4, -0.2) is 56.9 Å². The summed E-state index contributed by atoms with van der Waals surface area (Å²) in [6, 6.07) is -1.45. The molecular formula is C19H22Cl4N4O3. The van der Waals surface area contributed by atoms with Gasteiger partial charge in [-0.3, -0.25) is 14.5 Å². The van der Waals surface area contributed by atoms with Crippen LogP contribution in [0.15, 0.2) is 0 Å². The zero-order valence-corrected chi connectivity index (χ0v) is 20.2. The highest BCUT2D eigenvalue weighted by Gasteiger charge is 2.51. The summed E-state index contributed by atoms with van der Waals surface area (Å²) < 4.78 is 0. The molecule has 1 aromatic rings. The minimum Gasteiger partial charge on any atom is -0.350 e. The van der Waals surface area contributed by atoms with Gasteiger partial charge in [0, 0.05) is 11.1 Å². The quantitative estimate of drug-likeness (QED) is 0.361. The van der Waals surface area contributed by atoms with Gasteiger partial charge in [0.2, 0.25) is 0 Å². The highest BCUT2D eigenvalue weighted by molar-refractivity contribution is 6.55. The Morgan fingerprint density at radius 3 is 1.60 bits per heavy atom. The molecule has 0 atom stereocenters. The summed E-state index contributed by atoms with van der Waals surface area (Å²) in [6.07, 6.45) is 0.957. The van der Waals surface area contributed by atoms with Gasteiger partial charge in [-0.15, -0.1) is 0 Å². The van der Waals surface area contributed by atoms with E-state index in [1.807, 2.05) is 34.7 Å². The number of nitrogens with zero attached hydrogens (tertiary/aromatic N) is 3. The number of carbonyl (C=O) groups excluding carboxylic acids is 3. The molecule has 3 rings (SSSR count). The summed E-state index contributed by atoms with van der Waals surface area (Å²) in [7, 11) is 2.00. The van der Waals surface area contributed by atoms with E-state index in [1.165, 1.54) is 0 Å². The Balaban J connectivity index is 2.12. The van der Waals surface area contributed by atoms with E-state index < -0.39 is 23.9 Å². The van der Waals surface area contributed by atoms with Crippen LogP contribution < -0.4 is 5.73 Å². The fourth-order valence-electron chi connectivity index (χ4n) is 4.47. The minimum atomic E-state index is -0.935. The van der Waals surface area contributed by atoms with Crippen molar-refractivity contribution in [3.8, 4) is 0 Å². The molecule has 1 aromatic carbocycles. The number of rotatable bonds is 2. The Bertz CT molecular complexity index is 914. The van der Waals surface area contributed by atoms with Crippen molar-refractivity contribution >= 4 is 64.2 Å². The van der Waals surface area contributed by atoms with Crippen molar-refractivity contribution in [2.45, 2.75) is 57.7 Å². The van der Waals surface area contributed by atoms with Gasteiger partial charge in [0.15, 0.2) is 0 Å². The van der Waals surface area contributed by atoms with Crippen LogP contribution in [0.2, 0.25) is 20.1 Å². The number of fused-ring (bicyclic) bond motifs is 1. The molecule has 0 aromatic heterocycles. The van der Waals surface area contributed by atoms with E-state index in [9.17, 15) is 14.4 Å². The molecule has 0 aliphatic carbocycles. The maximum absolute atomic E-state index is 13.2. The van der Waals surface area contributed by atoms with Crippen molar-refractivity contribution in [1.82, 2.24) is 14.9 Å². The molecule has 2 aliphatic heterocycles. The number of carbonyl (C=O) groups is 3. The maximum atomic E-state index is 13.2. The summed E-state index contributed by atoms with van der Waals surface area (Å²) in [5.41, 5.74) is 4.61. The van der Waals surface area contributed by atoms with Crippen molar-refractivity contribution in [2.24, 2.45) is 5.73 Å². The van der Waals surface area contributed by atoms with Crippen LogP contribution in [-0.2, 0) is 0 Å². The van der Waals surface area contributed by atoms with Crippen LogP contribution in [0.25, 0.3) is 0 Å². The van der Waals surface area contributed by atoms with E-state index in [-0.39, 0.29) is 42.3 Å². The molecule has 30 heavy (non-hydrogen) atoms. The average Bonchev–Trinajstić information content (AvgIpc) is 2.87. The number of hydrazine groups is 1. The number of nitrogens with two attached hydrogens (primary N) is 1. The Labute approximate surface area is 194 Å². The molecule has 0 bridgehead atoms. The Morgan fingerprint density at radius 1 is 0.900 bits per heavy atom. The number of hydrogen-bond donors (Lipinski definition) is 1. The van der Waals surface area contributed by atoms with Crippen molar-refractivity contribution in [1.29, 1.82) is 0 Å². The smallest absolute Gasteiger partial charge is 0.334 e. The first kappa shape index (κ1) is 23.4. The predicted octanol–water partition coefficient (Wildman–Crippen LogP) is 4.84. The van der Waals surface area contributed by atoms with Gasteiger partial charge in [-0.25, -0.2) is 9.80 Å². The van der Waals surface area contributed by atoms with Gasteiger partial charge in [0.05, 0.1) is 37.3 Å². The summed E-state index contributed by atoms with van der Waals surface area (Å²) in [6.45, 7) is 8.09. The van der Waals surface area contributed by atoms with Gasteiger partial charge in [0.1, 0.15) is 0 Å². The second-order valence-corrected chi connectivity index (χ2v) is 10.4. The summed E-state index contributed by atoms with van der Waals surface area (Å²) >= 11 is 24.5. The van der Waals surface area contributed by atoms with Crippen LogP contribution in [0.4, 0.5) is 4.79 Å². The summed E-state index contributed by atoms with van der Waals surface area (Å²) in [5, 5.41) is 1.04. The van der Waals surface area contributed by atoms with Gasteiger partial charge in [-0.1, -0.05) is 46.4 Å². The van der Waals surface area contributed by atoms with Crippen molar-refractivity contribution in [2.75, 3.05) is 7.05 Å². The SMILES string of the molecule is CN1C(C)(C)CC(N(C(N)=O)N2C(=O)c3c(Cl)c(Cl)c(Cl)c(Cl)c3C2=O)CC1(C)C. The first-order chi connectivity index (χ1) is 13.6. The van der Waals surface area contributed by atoms with Crippen LogP contribution in [0.1, 0.15) is 61.3 Å². The van der Waals surface area contributed by atoms with Crippen LogP contribution in [0.5, 0.6) is 0 Å². The summed E-state index contributed by atoms with van der Waals surface area (Å²) in [4.78, 5) is 41.1. The monoisotopic (exact) mass is 494 g/mol. The van der Waals surface area contributed by atoms with Crippen LogP contribution >= 0.6 is 46.4 Å². The lowest BCUT2D eigenvalue weighted by Gasteiger charge is -2.55. The minimum absolute atomic E-state index is 0.141. The lowest BCUT2D eigenvalue weighted by molar-refractivity contribution is -0.0716. The third-order valence-electron chi connectivity index (χ3n) is 6.15. The van der Waals surface area contributed by atoms with E-state index in [4.69, 9.17) is 52.1 Å². The number of hydrogen-bond acceptors (Lipinski definition) is 4. The second-order valence-electron chi connectivity index (χ2n) is 8.86. The molecule has 1 saturated heterocycles. The number of piperidine rings is 1. The van der Waals surface area contributed by atoms with Gasteiger partial charge in [-0.2, -0.15) is 5.01 Å². The average molecular weight is 496 g/mol. The number of halogens is 4. The molecule has 2 N–H and O–H groups in total. The van der Waals surface area contributed by atoms with Crippen molar-refractivity contribution < 1.29 is 14.4 Å². The van der Waals surface area contributed by atoms with E-state index in [2.05, 4.69) is 4.90 Å². The molecule has 0 radical (unpaired) electrons. The Kier molecular flexibility index (Phi) is 5.79. The standard InChI is InChI=1S/C19H22Cl4N4O3/c1-18(2)6-8(7-19(3,4)25(18)5)26(17(24)30)27-15(28)9-10(16(27)29)12(21)14(23)13(22)11(9)20/h8H,6-7H2,1-5H3,(H2,24,30). The fourth-order valence-corrected chi connectivity index (χ4v) is 5.48. The lowest BCUT2D eigenvalue weighted by atomic mass is 9.77. The van der Waals surface area contributed by atoms with Gasteiger partial charge >= 0.3 is 6.03 Å². The van der Waals surface area contributed by atoms with Gasteiger partial charge in [0.25, 0.3) is 11.8 Å². The molecule has 0 unspecified atom stereocenters. The zero-order valence-electron chi connectivity index (χ0n) is 17.1. The lowest BCUT2D eigenvalue weighted by Crippen LogP contribution is -2.66. The zero-order chi connectivity index (χ0) is 22.9. The topological polar surface area (TPSA) is 86.9 Å². The largest absolute Gasteiger partial charge is 0.350 e. The number of imide groups is 1. The maximum Gasteiger partial charge on any atom is 0.334 e. The molecule has 0 spiro atoms. The normalized spacial score (nSPS) is 21.2. The Hall–Kier alpha value is -1.25. The number of urea groups is 1. The molecule has 2 heterocycles. The van der Waals surface area contributed by atoms with E-state index in [1.54, 1.807) is 0 Å². The van der Waals surface area contributed by atoms with Crippen LogP contribution in [0.3, 0.4) is 0 Å². The first-order valence-electron chi connectivity index (χ1n) is 9.20. The molecule has 164 valence electrons.